The minimum absolute atomic E-state index is 0.398. The molecule has 0 heteroatoms. The first-order chi connectivity index (χ1) is 29.7. The minimum Gasteiger partial charge on any atom is -0.0842 e. The number of hydrogen-bond acceptors (Lipinski definition) is 0. The van der Waals surface area contributed by atoms with Crippen LogP contribution in [0.25, 0.3) is 88.0 Å². The van der Waals surface area contributed by atoms with Gasteiger partial charge < -0.3 is 0 Å². The summed E-state index contributed by atoms with van der Waals surface area (Å²) in [6.07, 6.45) is 25.2. The lowest BCUT2D eigenvalue weighted by Gasteiger charge is -2.40. The lowest BCUT2D eigenvalue weighted by Crippen LogP contribution is -2.35. The molecule has 0 saturated carbocycles. The van der Waals surface area contributed by atoms with E-state index in [4.69, 9.17) is 0 Å². The van der Waals surface area contributed by atoms with Crippen LogP contribution in [0, 0.1) is 17.8 Å². The van der Waals surface area contributed by atoms with Crippen molar-refractivity contribution in [2.45, 2.75) is 32.1 Å². The maximum absolute atomic E-state index is 2.67. The second-order valence-corrected chi connectivity index (χ2v) is 18.4. The van der Waals surface area contributed by atoms with Crippen molar-refractivity contribution in [3.05, 3.63) is 213 Å². The van der Waals surface area contributed by atoms with Gasteiger partial charge in [-0.25, -0.2) is 0 Å². The molecule has 0 saturated heterocycles. The zero-order chi connectivity index (χ0) is 38.8. The first-order valence-electron chi connectivity index (χ1n) is 22.2. The van der Waals surface area contributed by atoms with Gasteiger partial charge in [0.1, 0.15) is 0 Å². The summed E-state index contributed by atoms with van der Waals surface area (Å²) in [5, 5.41) is 10.9. The van der Waals surface area contributed by atoms with Gasteiger partial charge in [0, 0.05) is 11.8 Å². The molecule has 0 N–H and O–H groups in total. The third-order valence-electron chi connectivity index (χ3n) is 15.6. The molecule has 3 unspecified atom stereocenters. The first-order valence-corrected chi connectivity index (χ1v) is 22.2. The molecule has 280 valence electrons. The van der Waals surface area contributed by atoms with Gasteiger partial charge in [-0.1, -0.05) is 134 Å². The molecule has 3 atom stereocenters. The van der Waals surface area contributed by atoms with Crippen molar-refractivity contribution in [1.29, 1.82) is 0 Å². The van der Waals surface area contributed by atoms with Crippen LogP contribution in [-0.4, -0.2) is 0 Å². The molecule has 0 fully saturated rings. The Kier molecular flexibility index (Phi) is 6.16. The Bertz CT molecular complexity index is 3620. The zero-order valence-electron chi connectivity index (χ0n) is 33.4. The molecular formula is C60H40. The molecule has 0 heterocycles. The van der Waals surface area contributed by atoms with Crippen molar-refractivity contribution in [2.24, 2.45) is 17.8 Å². The third-order valence-corrected chi connectivity index (χ3v) is 15.6. The second kappa shape index (κ2) is 11.5. The Morgan fingerprint density at radius 1 is 0.567 bits per heavy atom. The fourth-order valence-electron chi connectivity index (χ4n) is 13.1. The molecule has 15 rings (SSSR count). The van der Waals surface area contributed by atoms with Crippen LogP contribution in [0.15, 0.2) is 186 Å². The van der Waals surface area contributed by atoms with E-state index < -0.39 is 0 Å². The summed E-state index contributed by atoms with van der Waals surface area (Å²) in [5.41, 5.74) is 24.9. The van der Waals surface area contributed by atoms with Gasteiger partial charge in [-0.05, 0) is 206 Å². The highest BCUT2D eigenvalue weighted by Gasteiger charge is 2.45. The number of allylic oxidation sites excluding steroid dienone is 14. The summed E-state index contributed by atoms with van der Waals surface area (Å²) >= 11 is 0. The predicted molar refractivity (Wildman–Crippen MR) is 251 cm³/mol. The van der Waals surface area contributed by atoms with Gasteiger partial charge in [-0.15, -0.1) is 0 Å². The van der Waals surface area contributed by atoms with Crippen LogP contribution in [0.5, 0.6) is 0 Å². The number of fused-ring (bicyclic) bond motifs is 10. The van der Waals surface area contributed by atoms with E-state index in [0.717, 1.165) is 19.3 Å². The largest absolute Gasteiger partial charge is 0.0842 e. The first kappa shape index (κ1) is 32.1. The van der Waals surface area contributed by atoms with Crippen molar-refractivity contribution >= 4 is 54.6 Å². The molecule has 0 aliphatic heterocycles. The Hall–Kier alpha value is -6.76. The molecule has 0 amide bonds. The average molecular weight is 761 g/mol. The summed E-state index contributed by atoms with van der Waals surface area (Å²) in [5.74, 6) is 1.39. The van der Waals surface area contributed by atoms with Crippen molar-refractivity contribution < 1.29 is 0 Å². The Balaban J connectivity index is 1.14. The molecule has 60 heavy (non-hydrogen) atoms. The summed E-state index contributed by atoms with van der Waals surface area (Å²) in [4.78, 5) is 0. The van der Waals surface area contributed by atoms with Gasteiger partial charge in [0.15, 0.2) is 0 Å². The summed E-state index contributed by atoms with van der Waals surface area (Å²) in [6.45, 7) is 0. The van der Waals surface area contributed by atoms with Crippen molar-refractivity contribution in [1.82, 2.24) is 0 Å². The highest BCUT2D eigenvalue weighted by molar-refractivity contribution is 6.23. The lowest BCUT2D eigenvalue weighted by molar-refractivity contribution is 0.591. The van der Waals surface area contributed by atoms with Crippen molar-refractivity contribution in [3.63, 3.8) is 0 Å². The molecule has 0 aromatic heterocycles. The van der Waals surface area contributed by atoms with E-state index in [1.807, 2.05) is 0 Å². The summed E-state index contributed by atoms with van der Waals surface area (Å²) in [7, 11) is 0. The van der Waals surface area contributed by atoms with Gasteiger partial charge in [0.2, 0.25) is 0 Å². The van der Waals surface area contributed by atoms with Gasteiger partial charge in [0.25, 0.3) is 0 Å². The molecule has 7 aromatic carbocycles. The van der Waals surface area contributed by atoms with Gasteiger partial charge in [-0.3, -0.25) is 0 Å². The van der Waals surface area contributed by atoms with E-state index in [9.17, 15) is 0 Å². The van der Waals surface area contributed by atoms with E-state index in [0.29, 0.717) is 17.8 Å². The molecule has 0 radical (unpaired) electrons. The van der Waals surface area contributed by atoms with Gasteiger partial charge in [0.05, 0.1) is 0 Å². The minimum atomic E-state index is 0.398. The van der Waals surface area contributed by atoms with Crippen molar-refractivity contribution in [3.8, 4) is 33.4 Å². The third kappa shape index (κ3) is 4.07. The molecule has 0 nitrogen and oxygen atoms in total. The summed E-state index contributed by atoms with van der Waals surface area (Å²) < 4.78 is 0. The quantitative estimate of drug-likeness (QED) is 0.165. The number of benzene rings is 7. The number of rotatable bonds is 2. The zero-order valence-corrected chi connectivity index (χ0v) is 33.4. The molecule has 8 aliphatic carbocycles. The molecule has 0 bridgehead atoms. The second-order valence-electron chi connectivity index (χ2n) is 18.4. The topological polar surface area (TPSA) is 0 Å². The SMILES string of the molecule is C1=CC2C=CC3=C4C5=C(CC3)c3c(c(-c6ccc7ccccc7c6)c6cc7c(cc6c3-c3ccc6ccccc6c3)C3=c6c-7cccc6=C6C=CCCC6C3)C5=CC(=C1)C42. The molecular weight excluding hydrogens is 721 g/mol. The fraction of sp³-hybridized carbons (Fsp3) is 0.133. The van der Waals surface area contributed by atoms with E-state index in [1.165, 1.54) is 122 Å². The molecule has 8 aliphatic rings. The van der Waals surface area contributed by atoms with Gasteiger partial charge in [-0.2, -0.15) is 0 Å². The fourth-order valence-corrected chi connectivity index (χ4v) is 13.1. The van der Waals surface area contributed by atoms with E-state index in [2.05, 4.69) is 164 Å². The normalized spacial score (nSPS) is 22.0. The maximum Gasteiger partial charge on any atom is 0.0196 e. The standard InChI is InChI=1S/C60H40/c1-3-11-37-27-41(23-19-33(37)9-1)54-51-32-48-47(45-18-8-17-44-43-16-6-5-13-39(43)29-49(48)57(44)45)31-50(51)55(42-24-20-34-10-2-4-12-38(34)28-42)60-52-30-40-15-7-14-35-21-22-36-25-26-46(59(54)60)58(52)56(36)53(35)40/h1-4,6-12,14-24,27-28,30-32,35,39,53H,5,13,25-26,29H2. The van der Waals surface area contributed by atoms with E-state index in [-0.39, 0.29) is 0 Å². The Labute approximate surface area is 349 Å². The van der Waals surface area contributed by atoms with E-state index >= 15 is 0 Å². The maximum atomic E-state index is 2.67. The lowest BCUT2D eigenvalue weighted by atomic mass is 9.63. The molecule has 0 spiro atoms. The van der Waals surface area contributed by atoms with Crippen LogP contribution in [0.3, 0.4) is 0 Å². The highest BCUT2D eigenvalue weighted by atomic mass is 14.5. The Morgan fingerprint density at radius 3 is 2.12 bits per heavy atom. The smallest absolute Gasteiger partial charge is 0.0196 e. The van der Waals surface area contributed by atoms with Crippen molar-refractivity contribution in [2.75, 3.05) is 0 Å². The van der Waals surface area contributed by atoms with Crippen LogP contribution in [0.2, 0.25) is 0 Å². The average Bonchev–Trinajstić information content (AvgIpc) is 3.79. The van der Waals surface area contributed by atoms with Crippen LogP contribution < -0.4 is 10.4 Å². The van der Waals surface area contributed by atoms with Gasteiger partial charge >= 0.3 is 0 Å². The summed E-state index contributed by atoms with van der Waals surface area (Å²) in [6, 6.07) is 44.8. The van der Waals surface area contributed by atoms with Crippen LogP contribution >= 0.6 is 0 Å². The van der Waals surface area contributed by atoms with Crippen LogP contribution in [0.4, 0.5) is 0 Å². The predicted octanol–water partition coefficient (Wildman–Crippen LogP) is 13.7. The van der Waals surface area contributed by atoms with Crippen LogP contribution in [0.1, 0.15) is 48.8 Å². The monoisotopic (exact) mass is 760 g/mol. The molecule has 7 aromatic rings. The Morgan fingerprint density at radius 2 is 1.32 bits per heavy atom. The van der Waals surface area contributed by atoms with Crippen LogP contribution in [-0.2, 0) is 0 Å². The number of hydrogen-bond donors (Lipinski definition) is 0. The highest BCUT2D eigenvalue weighted by Crippen LogP contribution is 2.64. The van der Waals surface area contributed by atoms with E-state index in [1.54, 1.807) is 27.9 Å².